The summed E-state index contributed by atoms with van der Waals surface area (Å²) in [5, 5.41) is 9.57. The van der Waals surface area contributed by atoms with Gasteiger partial charge in [-0.05, 0) is 37.6 Å². The van der Waals surface area contributed by atoms with E-state index in [1.165, 1.54) is 11.3 Å². The van der Waals surface area contributed by atoms with Crippen LogP contribution >= 0.6 is 27.3 Å². The van der Waals surface area contributed by atoms with Gasteiger partial charge in [0.25, 0.3) is 0 Å². The highest BCUT2D eigenvalue weighted by Crippen LogP contribution is 2.32. The van der Waals surface area contributed by atoms with Crippen molar-refractivity contribution in [3.05, 3.63) is 44.9 Å². The molecular weight excluding hydrogens is 326 g/mol. The van der Waals surface area contributed by atoms with E-state index in [9.17, 15) is 4.79 Å². The molecule has 98 valence electrons. The molecule has 1 aromatic heterocycles. The first-order valence-electron chi connectivity index (χ1n) is 5.62. The zero-order valence-corrected chi connectivity index (χ0v) is 12.9. The minimum atomic E-state index is -0.951. The molecule has 2 aromatic rings. The summed E-state index contributed by atoms with van der Waals surface area (Å²) in [4.78, 5) is 15.9. The number of carbonyl (C=O) groups is 1. The lowest BCUT2D eigenvalue weighted by atomic mass is 10.1. The summed E-state index contributed by atoms with van der Waals surface area (Å²) in [5.74, 6) is -0.951. The molecule has 0 bridgehead atoms. The Bertz CT molecular complexity index is 661. The number of halogens is 1. The van der Waals surface area contributed by atoms with E-state index in [1.807, 2.05) is 32.0 Å². The smallest absolute Gasteiger partial charge is 0.328 e. The van der Waals surface area contributed by atoms with E-state index >= 15 is 0 Å². The van der Waals surface area contributed by atoms with E-state index in [4.69, 9.17) is 5.11 Å². The number of thiazole rings is 1. The molecule has 0 fully saturated rings. The van der Waals surface area contributed by atoms with Crippen LogP contribution in [0.15, 0.2) is 28.7 Å². The maximum atomic E-state index is 10.6. The van der Waals surface area contributed by atoms with Gasteiger partial charge in [0.1, 0.15) is 5.01 Å². The standard InChI is InChI=1S/C14H12BrNO2S/c1-8-3-4-10(15)7-11(8)14-16-9(2)12(19-14)5-6-13(17)18/h3-7H,1-2H3,(H,17,18)/b6-5+. The predicted molar refractivity (Wildman–Crippen MR) is 81.4 cm³/mol. The Balaban J connectivity index is 2.44. The first kappa shape index (κ1) is 14.0. The van der Waals surface area contributed by atoms with Crippen LogP contribution in [0.3, 0.4) is 0 Å². The molecule has 1 N–H and O–H groups in total. The van der Waals surface area contributed by atoms with Crippen LogP contribution < -0.4 is 0 Å². The van der Waals surface area contributed by atoms with E-state index in [1.54, 1.807) is 6.08 Å². The Labute approximate surface area is 123 Å². The molecule has 0 unspecified atom stereocenters. The predicted octanol–water partition coefficient (Wildman–Crippen LogP) is 4.29. The molecule has 0 aliphatic carbocycles. The molecule has 0 saturated heterocycles. The maximum Gasteiger partial charge on any atom is 0.328 e. The van der Waals surface area contributed by atoms with Gasteiger partial charge in [-0.25, -0.2) is 9.78 Å². The fourth-order valence-electron chi connectivity index (χ4n) is 1.65. The van der Waals surface area contributed by atoms with E-state index in [0.29, 0.717) is 0 Å². The van der Waals surface area contributed by atoms with Crippen LogP contribution in [-0.4, -0.2) is 16.1 Å². The second kappa shape index (κ2) is 5.67. The number of hydrogen-bond acceptors (Lipinski definition) is 3. The van der Waals surface area contributed by atoms with Crippen molar-refractivity contribution in [3.63, 3.8) is 0 Å². The van der Waals surface area contributed by atoms with Gasteiger partial charge in [-0.1, -0.05) is 22.0 Å². The molecule has 0 saturated carbocycles. The number of aromatic nitrogens is 1. The molecule has 0 amide bonds. The fourth-order valence-corrected chi connectivity index (χ4v) is 3.06. The van der Waals surface area contributed by atoms with Crippen molar-refractivity contribution in [2.75, 3.05) is 0 Å². The summed E-state index contributed by atoms with van der Waals surface area (Å²) in [7, 11) is 0. The Morgan fingerprint density at radius 1 is 1.42 bits per heavy atom. The van der Waals surface area contributed by atoms with E-state index < -0.39 is 5.97 Å². The first-order chi connectivity index (χ1) is 8.97. The average Bonchev–Trinajstić information content (AvgIpc) is 2.71. The summed E-state index contributed by atoms with van der Waals surface area (Å²) in [5.41, 5.74) is 3.06. The van der Waals surface area contributed by atoms with E-state index in [2.05, 4.69) is 20.9 Å². The monoisotopic (exact) mass is 337 g/mol. The van der Waals surface area contributed by atoms with Gasteiger partial charge in [-0.2, -0.15) is 0 Å². The van der Waals surface area contributed by atoms with Gasteiger partial charge < -0.3 is 5.11 Å². The molecule has 1 aromatic carbocycles. The lowest BCUT2D eigenvalue weighted by Gasteiger charge is -2.02. The molecule has 0 aliphatic heterocycles. The summed E-state index contributed by atoms with van der Waals surface area (Å²) in [6.45, 7) is 3.92. The third-order valence-electron chi connectivity index (χ3n) is 2.64. The van der Waals surface area contributed by atoms with E-state index in [-0.39, 0.29) is 0 Å². The molecular formula is C14H12BrNO2S. The van der Waals surface area contributed by atoms with Crippen LogP contribution in [0.1, 0.15) is 16.1 Å². The van der Waals surface area contributed by atoms with Crippen LogP contribution in [0.25, 0.3) is 16.6 Å². The highest BCUT2D eigenvalue weighted by molar-refractivity contribution is 9.10. The Morgan fingerprint density at radius 3 is 2.84 bits per heavy atom. The van der Waals surface area contributed by atoms with Crippen molar-refractivity contribution >= 4 is 39.3 Å². The summed E-state index contributed by atoms with van der Waals surface area (Å²) in [6.07, 6.45) is 2.73. The van der Waals surface area contributed by atoms with Crippen LogP contribution in [0.2, 0.25) is 0 Å². The van der Waals surface area contributed by atoms with Crippen molar-refractivity contribution in [2.24, 2.45) is 0 Å². The van der Waals surface area contributed by atoms with Crippen molar-refractivity contribution in [1.82, 2.24) is 4.98 Å². The quantitative estimate of drug-likeness (QED) is 0.850. The highest BCUT2D eigenvalue weighted by Gasteiger charge is 2.10. The Hall–Kier alpha value is -1.46. The number of rotatable bonds is 3. The summed E-state index contributed by atoms with van der Waals surface area (Å²) < 4.78 is 1.00. The molecule has 0 atom stereocenters. The van der Waals surface area contributed by atoms with E-state index in [0.717, 1.165) is 37.3 Å². The molecule has 19 heavy (non-hydrogen) atoms. The number of benzene rings is 1. The highest BCUT2D eigenvalue weighted by atomic mass is 79.9. The normalized spacial score (nSPS) is 11.1. The van der Waals surface area contributed by atoms with Gasteiger partial charge >= 0.3 is 5.97 Å². The first-order valence-corrected chi connectivity index (χ1v) is 7.23. The molecule has 3 nitrogen and oxygen atoms in total. The number of hydrogen-bond donors (Lipinski definition) is 1. The largest absolute Gasteiger partial charge is 0.478 e. The Kier molecular flexibility index (Phi) is 4.17. The van der Waals surface area contributed by atoms with Crippen molar-refractivity contribution < 1.29 is 9.90 Å². The fraction of sp³-hybridized carbons (Fsp3) is 0.143. The minimum absolute atomic E-state index is 0.844. The lowest BCUT2D eigenvalue weighted by molar-refractivity contribution is -0.131. The number of nitrogens with zero attached hydrogens (tertiary/aromatic N) is 1. The van der Waals surface area contributed by atoms with Crippen molar-refractivity contribution in [2.45, 2.75) is 13.8 Å². The van der Waals surface area contributed by atoms with Crippen LogP contribution in [0, 0.1) is 13.8 Å². The van der Waals surface area contributed by atoms with Crippen molar-refractivity contribution in [1.29, 1.82) is 0 Å². The van der Waals surface area contributed by atoms with Gasteiger partial charge in [0.05, 0.1) is 10.6 Å². The topological polar surface area (TPSA) is 50.2 Å². The molecule has 5 heteroatoms. The third-order valence-corrected chi connectivity index (χ3v) is 4.29. The number of aliphatic carboxylic acids is 1. The van der Waals surface area contributed by atoms with Gasteiger partial charge in [-0.15, -0.1) is 11.3 Å². The molecule has 0 radical (unpaired) electrons. The summed E-state index contributed by atoms with van der Waals surface area (Å²) in [6, 6.07) is 6.05. The molecule has 0 spiro atoms. The maximum absolute atomic E-state index is 10.6. The number of carboxylic acid groups (broad SMARTS) is 1. The number of aryl methyl sites for hydroxylation is 2. The van der Waals surface area contributed by atoms with Gasteiger partial charge in [0.2, 0.25) is 0 Å². The second-order valence-corrected chi connectivity index (χ2v) is 6.05. The molecule has 0 aliphatic rings. The molecule has 1 heterocycles. The second-order valence-electron chi connectivity index (χ2n) is 4.10. The molecule has 2 rings (SSSR count). The van der Waals surface area contributed by atoms with Gasteiger partial charge in [0, 0.05) is 16.1 Å². The third kappa shape index (κ3) is 3.30. The van der Waals surface area contributed by atoms with Crippen LogP contribution in [-0.2, 0) is 4.79 Å². The zero-order valence-electron chi connectivity index (χ0n) is 10.5. The minimum Gasteiger partial charge on any atom is -0.478 e. The SMILES string of the molecule is Cc1ccc(Br)cc1-c1nc(C)c(/C=C/C(=O)O)s1. The average molecular weight is 338 g/mol. The zero-order chi connectivity index (χ0) is 14.0. The van der Waals surface area contributed by atoms with Gasteiger partial charge in [-0.3, -0.25) is 0 Å². The number of carboxylic acids is 1. The lowest BCUT2D eigenvalue weighted by Crippen LogP contribution is -1.85. The van der Waals surface area contributed by atoms with Crippen LogP contribution in [0.4, 0.5) is 0 Å². The summed E-state index contributed by atoms with van der Waals surface area (Å²) >= 11 is 4.95. The Morgan fingerprint density at radius 2 is 2.16 bits per heavy atom. The van der Waals surface area contributed by atoms with Crippen molar-refractivity contribution in [3.8, 4) is 10.6 Å². The van der Waals surface area contributed by atoms with Gasteiger partial charge in [0.15, 0.2) is 0 Å². The van der Waals surface area contributed by atoms with Crippen LogP contribution in [0.5, 0.6) is 0 Å².